The predicted molar refractivity (Wildman–Crippen MR) is 104 cm³/mol. The topological polar surface area (TPSA) is 85.9 Å². The first-order chi connectivity index (χ1) is 13.2. The minimum Gasteiger partial charge on any atom is -0.493 e. The summed E-state index contributed by atoms with van der Waals surface area (Å²) in [6, 6.07) is 8.40. The fourth-order valence-corrected chi connectivity index (χ4v) is 2.36. The lowest BCUT2D eigenvalue weighted by Gasteiger charge is -2.23. The standard InChI is InChI=1S/C20H23FN2O5/c1-20(2,18(24)22-13-8-6-12(21)7-9-13)19(25)23-14-10-15(26-3)17(28-5)16(11-14)27-4/h6-11H,1-5H3,(H,22,24)(H,23,25). The molecule has 0 atom stereocenters. The van der Waals surface area contributed by atoms with E-state index < -0.39 is 23.0 Å². The second-order valence-corrected chi connectivity index (χ2v) is 6.45. The molecule has 0 aliphatic carbocycles. The second-order valence-electron chi connectivity index (χ2n) is 6.45. The van der Waals surface area contributed by atoms with Gasteiger partial charge in [-0.15, -0.1) is 0 Å². The predicted octanol–water partition coefficient (Wildman–Crippen LogP) is 3.45. The van der Waals surface area contributed by atoms with Crippen LogP contribution in [0.25, 0.3) is 0 Å². The molecule has 0 aliphatic heterocycles. The summed E-state index contributed by atoms with van der Waals surface area (Å²) >= 11 is 0. The van der Waals surface area contributed by atoms with Crippen LogP contribution in [-0.4, -0.2) is 33.1 Å². The van der Waals surface area contributed by atoms with Gasteiger partial charge in [-0.1, -0.05) is 0 Å². The van der Waals surface area contributed by atoms with Crippen LogP contribution >= 0.6 is 0 Å². The van der Waals surface area contributed by atoms with Crippen molar-refractivity contribution in [3.05, 3.63) is 42.2 Å². The van der Waals surface area contributed by atoms with Crippen LogP contribution < -0.4 is 24.8 Å². The Hall–Kier alpha value is -3.29. The van der Waals surface area contributed by atoms with E-state index in [0.717, 1.165) is 0 Å². The number of ether oxygens (including phenoxy) is 3. The molecule has 0 aliphatic rings. The Balaban J connectivity index is 2.20. The second kappa shape index (κ2) is 8.60. The number of nitrogens with one attached hydrogen (secondary N) is 2. The molecule has 2 amide bonds. The molecule has 2 N–H and O–H groups in total. The van der Waals surface area contributed by atoms with Crippen LogP contribution in [0.4, 0.5) is 15.8 Å². The number of amides is 2. The Morgan fingerprint density at radius 1 is 0.821 bits per heavy atom. The smallest absolute Gasteiger partial charge is 0.239 e. The van der Waals surface area contributed by atoms with Gasteiger partial charge in [0.15, 0.2) is 11.5 Å². The molecule has 0 unspecified atom stereocenters. The number of halogens is 1. The molecule has 2 rings (SSSR count). The van der Waals surface area contributed by atoms with E-state index in [2.05, 4.69) is 10.6 Å². The maximum atomic E-state index is 13.0. The minimum absolute atomic E-state index is 0.366. The summed E-state index contributed by atoms with van der Waals surface area (Å²) in [5, 5.41) is 5.29. The van der Waals surface area contributed by atoms with Crippen molar-refractivity contribution < 1.29 is 28.2 Å². The summed E-state index contributed by atoms with van der Waals surface area (Å²) in [7, 11) is 4.40. The Labute approximate surface area is 162 Å². The molecule has 8 heteroatoms. The van der Waals surface area contributed by atoms with Gasteiger partial charge >= 0.3 is 0 Å². The molecule has 7 nitrogen and oxygen atoms in total. The van der Waals surface area contributed by atoms with Gasteiger partial charge in [0.1, 0.15) is 11.2 Å². The van der Waals surface area contributed by atoms with Gasteiger partial charge in [-0.25, -0.2) is 4.39 Å². The van der Waals surface area contributed by atoms with Gasteiger partial charge in [-0.2, -0.15) is 0 Å². The third-order valence-corrected chi connectivity index (χ3v) is 4.16. The number of rotatable bonds is 7. The summed E-state index contributed by atoms with van der Waals surface area (Å²) in [4.78, 5) is 25.3. The average Bonchev–Trinajstić information content (AvgIpc) is 2.68. The lowest BCUT2D eigenvalue weighted by Crippen LogP contribution is -2.41. The molecule has 0 heterocycles. The lowest BCUT2D eigenvalue weighted by atomic mass is 9.90. The number of hydrogen-bond acceptors (Lipinski definition) is 5. The summed E-state index contributed by atoms with van der Waals surface area (Å²) in [5.74, 6) is -0.379. The third-order valence-electron chi connectivity index (χ3n) is 4.16. The molecule has 0 bridgehead atoms. The SMILES string of the molecule is COc1cc(NC(=O)C(C)(C)C(=O)Nc2ccc(F)cc2)cc(OC)c1OC. The number of carbonyl (C=O) groups excluding carboxylic acids is 2. The van der Waals surface area contributed by atoms with E-state index in [1.54, 1.807) is 12.1 Å². The van der Waals surface area contributed by atoms with Crippen LogP contribution in [-0.2, 0) is 9.59 Å². The molecule has 2 aromatic rings. The van der Waals surface area contributed by atoms with E-state index in [9.17, 15) is 14.0 Å². The van der Waals surface area contributed by atoms with Gasteiger partial charge in [0.25, 0.3) is 0 Å². The normalized spacial score (nSPS) is 10.8. The van der Waals surface area contributed by atoms with E-state index in [0.29, 0.717) is 28.6 Å². The van der Waals surface area contributed by atoms with E-state index in [4.69, 9.17) is 14.2 Å². The molecule has 0 radical (unpaired) electrons. The van der Waals surface area contributed by atoms with Crippen LogP contribution in [0.5, 0.6) is 17.2 Å². The summed E-state index contributed by atoms with van der Waals surface area (Å²) < 4.78 is 28.8. The minimum atomic E-state index is -1.41. The van der Waals surface area contributed by atoms with Crippen molar-refractivity contribution in [2.24, 2.45) is 5.41 Å². The van der Waals surface area contributed by atoms with Gasteiger partial charge in [-0.05, 0) is 38.1 Å². The first-order valence-corrected chi connectivity index (χ1v) is 8.41. The largest absolute Gasteiger partial charge is 0.493 e. The quantitative estimate of drug-likeness (QED) is 0.707. The molecule has 2 aromatic carbocycles. The molecule has 0 saturated carbocycles. The highest BCUT2D eigenvalue weighted by molar-refractivity contribution is 6.14. The van der Waals surface area contributed by atoms with Gasteiger partial charge in [0, 0.05) is 23.5 Å². The zero-order valence-electron chi connectivity index (χ0n) is 16.4. The highest BCUT2D eigenvalue weighted by Crippen LogP contribution is 2.40. The lowest BCUT2D eigenvalue weighted by molar-refractivity contribution is -0.135. The zero-order valence-corrected chi connectivity index (χ0v) is 16.4. The van der Waals surface area contributed by atoms with Crippen molar-refractivity contribution >= 4 is 23.2 Å². The van der Waals surface area contributed by atoms with Crippen molar-refractivity contribution in [2.75, 3.05) is 32.0 Å². The first-order valence-electron chi connectivity index (χ1n) is 8.41. The fourth-order valence-electron chi connectivity index (χ4n) is 2.36. The number of methoxy groups -OCH3 is 3. The molecule has 0 spiro atoms. The first kappa shape index (κ1) is 21.0. The molecule has 0 aromatic heterocycles. The van der Waals surface area contributed by atoms with Crippen LogP contribution in [0, 0.1) is 11.2 Å². The Morgan fingerprint density at radius 2 is 1.29 bits per heavy atom. The number of benzene rings is 2. The van der Waals surface area contributed by atoms with Crippen molar-refractivity contribution in [3.8, 4) is 17.2 Å². The van der Waals surface area contributed by atoms with E-state index >= 15 is 0 Å². The maximum Gasteiger partial charge on any atom is 0.239 e. The number of anilines is 2. The van der Waals surface area contributed by atoms with Crippen LogP contribution in [0.15, 0.2) is 36.4 Å². The van der Waals surface area contributed by atoms with Gasteiger partial charge < -0.3 is 24.8 Å². The molecule has 0 saturated heterocycles. The molecule has 0 fully saturated rings. The fraction of sp³-hybridized carbons (Fsp3) is 0.300. The van der Waals surface area contributed by atoms with Crippen molar-refractivity contribution in [1.82, 2.24) is 0 Å². The highest BCUT2D eigenvalue weighted by atomic mass is 19.1. The summed E-state index contributed by atoms with van der Waals surface area (Å²) in [5.41, 5.74) is -0.642. The van der Waals surface area contributed by atoms with Crippen molar-refractivity contribution in [3.63, 3.8) is 0 Å². The zero-order chi connectivity index (χ0) is 20.9. The van der Waals surface area contributed by atoms with Gasteiger partial charge in [0.05, 0.1) is 21.3 Å². The van der Waals surface area contributed by atoms with E-state index in [1.165, 1.54) is 59.4 Å². The van der Waals surface area contributed by atoms with Crippen molar-refractivity contribution in [1.29, 1.82) is 0 Å². The van der Waals surface area contributed by atoms with Crippen LogP contribution in [0.1, 0.15) is 13.8 Å². The highest BCUT2D eigenvalue weighted by Gasteiger charge is 2.36. The van der Waals surface area contributed by atoms with Crippen LogP contribution in [0.2, 0.25) is 0 Å². The maximum absolute atomic E-state index is 13.0. The summed E-state index contributed by atoms with van der Waals surface area (Å²) in [6.45, 7) is 2.97. The molecule has 28 heavy (non-hydrogen) atoms. The van der Waals surface area contributed by atoms with Gasteiger partial charge in [0.2, 0.25) is 17.6 Å². The molecular weight excluding hydrogens is 367 g/mol. The Kier molecular flexibility index (Phi) is 6.45. The summed E-state index contributed by atoms with van der Waals surface area (Å²) in [6.07, 6.45) is 0. The van der Waals surface area contributed by atoms with E-state index in [-0.39, 0.29) is 0 Å². The van der Waals surface area contributed by atoms with E-state index in [1.807, 2.05) is 0 Å². The van der Waals surface area contributed by atoms with Crippen molar-refractivity contribution in [2.45, 2.75) is 13.8 Å². The van der Waals surface area contributed by atoms with Gasteiger partial charge in [-0.3, -0.25) is 9.59 Å². The Bertz CT molecular complexity index is 840. The molecule has 150 valence electrons. The number of hydrogen-bond donors (Lipinski definition) is 2. The monoisotopic (exact) mass is 390 g/mol. The Morgan fingerprint density at radius 3 is 1.71 bits per heavy atom. The number of carbonyl (C=O) groups is 2. The average molecular weight is 390 g/mol. The third kappa shape index (κ3) is 4.51. The molecular formula is C20H23FN2O5. The van der Waals surface area contributed by atoms with Crippen LogP contribution in [0.3, 0.4) is 0 Å².